The zero-order chi connectivity index (χ0) is 27.6. The van der Waals surface area contributed by atoms with Gasteiger partial charge < -0.3 is 20.2 Å². The van der Waals surface area contributed by atoms with Gasteiger partial charge >= 0.3 is 6.18 Å². The smallest absolute Gasteiger partial charge is 0.395 e. The summed E-state index contributed by atoms with van der Waals surface area (Å²) >= 11 is 1.37. The Labute approximate surface area is 226 Å². The van der Waals surface area contributed by atoms with Gasteiger partial charge in [0.25, 0.3) is 5.91 Å². The number of carbonyl (C=O) groups is 2. The zero-order valence-corrected chi connectivity index (χ0v) is 21.7. The van der Waals surface area contributed by atoms with Gasteiger partial charge in [0.1, 0.15) is 11.5 Å². The van der Waals surface area contributed by atoms with Gasteiger partial charge in [0, 0.05) is 68.1 Å². The minimum absolute atomic E-state index is 0.0925. The lowest BCUT2D eigenvalue weighted by atomic mass is 10.1. The van der Waals surface area contributed by atoms with Crippen molar-refractivity contribution in [2.45, 2.75) is 25.1 Å². The fourth-order valence-corrected chi connectivity index (χ4v) is 5.46. The number of carbonyl (C=O) groups excluding carboxylic acids is 2. The summed E-state index contributed by atoms with van der Waals surface area (Å²) in [4.78, 5) is 39.0. The van der Waals surface area contributed by atoms with Gasteiger partial charge in [0.2, 0.25) is 5.91 Å². The Balaban J connectivity index is 1.16. The lowest BCUT2D eigenvalue weighted by molar-refractivity contribution is -0.137. The fraction of sp³-hybridized carbons (Fsp3) is 0.385. The number of thiazole rings is 1. The topological polar surface area (TPSA) is 102 Å². The SMILES string of the molecule is O=C(C[C@H](CO)N1CCN(C(=O)c2cscn2)CC1)Nc1ccc2c(c1)CCN2c1ccc(C(F)(F)F)cn1. The Bertz CT molecular complexity index is 1310. The van der Waals surface area contributed by atoms with Gasteiger partial charge in [-0.1, -0.05) is 0 Å². The van der Waals surface area contributed by atoms with E-state index in [1.165, 1.54) is 17.4 Å². The largest absolute Gasteiger partial charge is 0.417 e. The third-order valence-electron chi connectivity index (χ3n) is 7.01. The number of fused-ring (bicyclic) bond motifs is 1. The molecule has 1 fully saturated rings. The van der Waals surface area contributed by atoms with Crippen LogP contribution in [0.3, 0.4) is 0 Å². The monoisotopic (exact) mass is 560 g/mol. The van der Waals surface area contributed by atoms with Gasteiger partial charge in [0.15, 0.2) is 0 Å². The van der Waals surface area contributed by atoms with E-state index in [1.54, 1.807) is 21.9 Å². The van der Waals surface area contributed by atoms with Crippen LogP contribution < -0.4 is 10.2 Å². The molecule has 13 heteroatoms. The standard InChI is InChI=1S/C26H27F3N6O3S/c27-26(28,29)18-1-4-23(30-13-18)35-6-5-17-11-19(2-3-22(17)35)32-24(37)12-20(14-36)33-7-9-34(10-8-33)25(38)21-15-39-16-31-21/h1-4,11,13,15-16,20,36H,5-10,12,14H2,(H,32,37)/t20-/m1/s1. The molecule has 2 aliphatic heterocycles. The first kappa shape index (κ1) is 27.0. The minimum Gasteiger partial charge on any atom is -0.395 e. The molecule has 0 bridgehead atoms. The molecule has 1 atom stereocenters. The Morgan fingerprint density at radius 2 is 1.87 bits per heavy atom. The minimum atomic E-state index is -4.44. The number of anilines is 3. The van der Waals surface area contributed by atoms with Crippen LogP contribution in [0.5, 0.6) is 0 Å². The highest BCUT2D eigenvalue weighted by Crippen LogP contribution is 2.36. The summed E-state index contributed by atoms with van der Waals surface area (Å²) in [6.45, 7) is 2.44. The quantitative estimate of drug-likeness (QED) is 0.457. The van der Waals surface area contributed by atoms with E-state index in [4.69, 9.17) is 0 Å². The molecule has 206 valence electrons. The van der Waals surface area contributed by atoms with Crippen molar-refractivity contribution >= 4 is 40.3 Å². The van der Waals surface area contributed by atoms with Crippen molar-refractivity contribution < 1.29 is 27.9 Å². The van der Waals surface area contributed by atoms with Crippen molar-refractivity contribution in [3.8, 4) is 0 Å². The predicted octanol–water partition coefficient (Wildman–Crippen LogP) is 3.40. The number of hydrogen-bond donors (Lipinski definition) is 2. The third-order valence-corrected chi connectivity index (χ3v) is 7.60. The first-order valence-electron chi connectivity index (χ1n) is 12.5. The summed E-state index contributed by atoms with van der Waals surface area (Å²) in [6, 6.07) is 7.42. The summed E-state index contributed by atoms with van der Waals surface area (Å²) in [7, 11) is 0. The van der Waals surface area contributed by atoms with Crippen molar-refractivity contribution in [1.29, 1.82) is 0 Å². The molecule has 2 aliphatic rings. The van der Waals surface area contributed by atoms with Gasteiger partial charge in [-0.3, -0.25) is 14.5 Å². The molecule has 3 aromatic rings. The number of nitrogens with one attached hydrogen (secondary N) is 1. The van der Waals surface area contributed by atoms with Gasteiger partial charge in [-0.15, -0.1) is 11.3 Å². The Hall–Kier alpha value is -3.55. The Kier molecular flexibility index (Phi) is 7.82. The number of benzene rings is 1. The second kappa shape index (κ2) is 11.3. The molecule has 2 aromatic heterocycles. The number of amides is 2. The van der Waals surface area contributed by atoms with E-state index in [1.807, 2.05) is 21.9 Å². The van der Waals surface area contributed by atoms with Crippen molar-refractivity contribution in [3.05, 3.63) is 64.2 Å². The number of aromatic nitrogens is 2. The van der Waals surface area contributed by atoms with Crippen LogP contribution >= 0.6 is 11.3 Å². The molecule has 0 spiro atoms. The maximum Gasteiger partial charge on any atom is 0.417 e. The summed E-state index contributed by atoms with van der Waals surface area (Å²) in [6.07, 6.45) is -2.86. The Morgan fingerprint density at radius 3 is 2.51 bits per heavy atom. The molecule has 0 unspecified atom stereocenters. The molecule has 2 amide bonds. The number of rotatable bonds is 7. The number of aliphatic hydroxyl groups excluding tert-OH is 1. The van der Waals surface area contributed by atoms with Gasteiger partial charge in [-0.05, 0) is 42.3 Å². The second-order valence-corrected chi connectivity index (χ2v) is 10.2. The van der Waals surface area contributed by atoms with Crippen molar-refractivity contribution in [1.82, 2.24) is 19.8 Å². The van der Waals surface area contributed by atoms with Gasteiger partial charge in [-0.2, -0.15) is 13.2 Å². The van der Waals surface area contributed by atoms with Crippen LogP contribution in [0.4, 0.5) is 30.4 Å². The van der Waals surface area contributed by atoms with Crippen LogP contribution in [0.15, 0.2) is 47.4 Å². The summed E-state index contributed by atoms with van der Waals surface area (Å²) < 4.78 is 38.6. The lowest BCUT2D eigenvalue weighted by Gasteiger charge is -2.38. The molecule has 9 nitrogen and oxygen atoms in total. The highest BCUT2D eigenvalue weighted by molar-refractivity contribution is 7.07. The maximum absolute atomic E-state index is 12.9. The number of alkyl halides is 3. The number of aliphatic hydroxyl groups is 1. The molecule has 0 saturated carbocycles. The average Bonchev–Trinajstić information content (AvgIpc) is 3.61. The van der Waals surface area contributed by atoms with E-state index in [-0.39, 0.29) is 30.9 Å². The zero-order valence-electron chi connectivity index (χ0n) is 20.9. The molecule has 5 rings (SSSR count). The van der Waals surface area contributed by atoms with Crippen molar-refractivity contribution in [3.63, 3.8) is 0 Å². The highest BCUT2D eigenvalue weighted by Gasteiger charge is 2.32. The van der Waals surface area contributed by atoms with Crippen LogP contribution in [-0.2, 0) is 17.4 Å². The van der Waals surface area contributed by atoms with Crippen molar-refractivity contribution in [2.75, 3.05) is 49.5 Å². The summed E-state index contributed by atoms with van der Waals surface area (Å²) in [5, 5.41) is 14.6. The maximum atomic E-state index is 12.9. The molecule has 0 aliphatic carbocycles. The summed E-state index contributed by atoms with van der Waals surface area (Å²) in [5.74, 6) is 0.0745. The van der Waals surface area contributed by atoms with Crippen LogP contribution in [0.25, 0.3) is 0 Å². The number of hydrogen-bond acceptors (Lipinski definition) is 8. The van der Waals surface area contributed by atoms with Gasteiger partial charge in [0.05, 0.1) is 17.7 Å². The average molecular weight is 561 g/mol. The first-order valence-corrected chi connectivity index (χ1v) is 13.4. The first-order chi connectivity index (χ1) is 18.7. The molecule has 1 aromatic carbocycles. The van der Waals surface area contributed by atoms with E-state index in [0.29, 0.717) is 56.3 Å². The molecular formula is C26H27F3N6O3S. The molecule has 0 radical (unpaired) electrons. The molecular weight excluding hydrogens is 533 g/mol. The van der Waals surface area contributed by atoms with Crippen molar-refractivity contribution in [2.24, 2.45) is 0 Å². The predicted molar refractivity (Wildman–Crippen MR) is 140 cm³/mol. The number of piperazine rings is 1. The van der Waals surface area contributed by atoms with E-state index in [0.717, 1.165) is 23.5 Å². The van der Waals surface area contributed by atoms with E-state index in [2.05, 4.69) is 15.3 Å². The number of pyridine rings is 1. The second-order valence-electron chi connectivity index (χ2n) is 9.44. The van der Waals surface area contributed by atoms with E-state index < -0.39 is 11.7 Å². The molecule has 4 heterocycles. The Morgan fingerprint density at radius 1 is 1.08 bits per heavy atom. The van der Waals surface area contributed by atoms with Gasteiger partial charge in [-0.25, -0.2) is 9.97 Å². The molecule has 39 heavy (non-hydrogen) atoms. The van der Waals surface area contributed by atoms with Crippen LogP contribution in [0, 0.1) is 0 Å². The molecule has 1 saturated heterocycles. The summed E-state index contributed by atoms with van der Waals surface area (Å²) in [5.41, 5.74) is 3.65. The fourth-order valence-electron chi connectivity index (χ4n) is 4.94. The van der Waals surface area contributed by atoms with E-state index >= 15 is 0 Å². The molecule has 2 N–H and O–H groups in total. The third kappa shape index (κ3) is 6.05. The number of nitrogens with zero attached hydrogens (tertiary/aromatic N) is 5. The van der Waals surface area contributed by atoms with Crippen LogP contribution in [-0.4, -0.2) is 82.1 Å². The number of halogens is 3. The normalized spacial score (nSPS) is 16.7. The highest BCUT2D eigenvalue weighted by atomic mass is 32.1. The van der Waals surface area contributed by atoms with E-state index in [9.17, 15) is 27.9 Å². The lowest BCUT2D eigenvalue weighted by Crippen LogP contribution is -2.53. The van der Waals surface area contributed by atoms with Crippen LogP contribution in [0.2, 0.25) is 0 Å². The van der Waals surface area contributed by atoms with Crippen LogP contribution in [0.1, 0.15) is 28.0 Å².